The van der Waals surface area contributed by atoms with Crippen molar-refractivity contribution in [1.82, 2.24) is 4.90 Å². The molecule has 2 aromatic rings. The quantitative estimate of drug-likeness (QED) is 0.484. The number of fused-ring (bicyclic) bond motifs is 1. The van der Waals surface area contributed by atoms with Crippen molar-refractivity contribution in [2.45, 2.75) is 52.5 Å². The highest BCUT2D eigenvalue weighted by molar-refractivity contribution is 8.18. The van der Waals surface area contributed by atoms with Crippen LogP contribution in [0.25, 0.3) is 6.08 Å². The van der Waals surface area contributed by atoms with Crippen LogP contribution in [0.1, 0.15) is 55.4 Å². The monoisotopic (exact) mass is 511 g/mol. The number of hydrogen-bond acceptors (Lipinski definition) is 5. The zero-order valence-electron chi connectivity index (χ0n) is 20.9. The molecule has 0 radical (unpaired) electrons. The number of aryl methyl sites for hydroxylation is 2. The third kappa shape index (κ3) is 4.98. The van der Waals surface area contributed by atoms with E-state index < -0.39 is 17.1 Å². The van der Waals surface area contributed by atoms with Crippen LogP contribution in [0.2, 0.25) is 5.02 Å². The zero-order chi connectivity index (χ0) is 25.7. The van der Waals surface area contributed by atoms with Crippen LogP contribution in [0, 0.1) is 13.8 Å². The topological polar surface area (TPSA) is 69.7 Å². The van der Waals surface area contributed by atoms with Crippen molar-refractivity contribution in [1.29, 1.82) is 0 Å². The second-order valence-corrected chi connectivity index (χ2v) is 11.4. The summed E-state index contributed by atoms with van der Waals surface area (Å²) in [6.45, 7) is 10.2. The van der Waals surface area contributed by atoms with Gasteiger partial charge in [-0.3, -0.25) is 19.3 Å². The predicted molar refractivity (Wildman–Crippen MR) is 144 cm³/mol. The van der Waals surface area contributed by atoms with E-state index in [1.807, 2.05) is 38.1 Å². The molecule has 4 rings (SSSR count). The summed E-state index contributed by atoms with van der Waals surface area (Å²) in [5, 5.41) is 2.80. The first kappa shape index (κ1) is 25.3. The fourth-order valence-corrected chi connectivity index (χ4v) is 5.70. The van der Waals surface area contributed by atoms with Crippen LogP contribution in [0.15, 0.2) is 35.2 Å². The van der Waals surface area contributed by atoms with Crippen molar-refractivity contribution in [2.75, 3.05) is 23.8 Å². The van der Waals surface area contributed by atoms with Gasteiger partial charge in [0.1, 0.15) is 6.54 Å². The Labute approximate surface area is 215 Å². The number of nitrogens with zero attached hydrogens (tertiary/aromatic N) is 2. The van der Waals surface area contributed by atoms with Crippen LogP contribution in [-0.4, -0.2) is 41.1 Å². The van der Waals surface area contributed by atoms with Gasteiger partial charge in [0.2, 0.25) is 5.91 Å². The molecule has 1 saturated heterocycles. The minimum Gasteiger partial charge on any atom is -0.369 e. The lowest BCUT2D eigenvalue weighted by Crippen LogP contribution is -2.45. The first-order valence-electron chi connectivity index (χ1n) is 11.6. The second-order valence-electron chi connectivity index (χ2n) is 10.0. The van der Waals surface area contributed by atoms with Crippen LogP contribution in [0.4, 0.5) is 16.2 Å². The van der Waals surface area contributed by atoms with Gasteiger partial charge in [0.15, 0.2) is 0 Å². The van der Waals surface area contributed by atoms with E-state index in [1.54, 1.807) is 12.1 Å². The second kappa shape index (κ2) is 9.36. The Morgan fingerprint density at radius 1 is 1.20 bits per heavy atom. The van der Waals surface area contributed by atoms with E-state index in [1.165, 1.54) is 0 Å². The van der Waals surface area contributed by atoms with Gasteiger partial charge in [0.25, 0.3) is 11.1 Å². The van der Waals surface area contributed by atoms with E-state index in [-0.39, 0.29) is 17.0 Å². The number of benzene rings is 2. The summed E-state index contributed by atoms with van der Waals surface area (Å²) >= 11 is 7.44. The third-order valence-corrected chi connectivity index (χ3v) is 8.24. The van der Waals surface area contributed by atoms with E-state index >= 15 is 0 Å². The molecule has 0 spiro atoms. The number of nitrogens with one attached hydrogen (secondary N) is 1. The molecule has 1 fully saturated rings. The van der Waals surface area contributed by atoms with E-state index in [0.717, 1.165) is 45.5 Å². The molecule has 0 unspecified atom stereocenters. The smallest absolute Gasteiger partial charge is 0.294 e. The predicted octanol–water partition coefficient (Wildman–Crippen LogP) is 6.35. The molecule has 2 aliphatic heterocycles. The summed E-state index contributed by atoms with van der Waals surface area (Å²) in [7, 11) is 2.06. The molecule has 3 amide bonds. The molecule has 2 aliphatic rings. The van der Waals surface area contributed by atoms with Gasteiger partial charge in [-0.1, -0.05) is 24.6 Å². The van der Waals surface area contributed by atoms with Crippen molar-refractivity contribution in [2.24, 2.45) is 0 Å². The minimum absolute atomic E-state index is 0.0117. The number of hydrogen-bond donors (Lipinski definition) is 1. The van der Waals surface area contributed by atoms with Gasteiger partial charge in [-0.05, 0) is 104 Å². The molecule has 0 saturated carbocycles. The van der Waals surface area contributed by atoms with Crippen LogP contribution in [0.5, 0.6) is 0 Å². The number of halogens is 1. The third-order valence-electron chi connectivity index (χ3n) is 7.00. The standard InChI is InChI=1S/C27H30ClN3O3S/c1-15-7-8-19(9-16(15)2)29-24(32)14-31-25(33)23(35-26(31)34)11-18-10-20-17(3)13-27(4,5)30(6)22(20)12-21(18)28/h7-12,17H,13-14H2,1-6H3,(H,29,32)/b23-11-/t17-/m1/s1. The summed E-state index contributed by atoms with van der Waals surface area (Å²) in [5.74, 6) is -0.594. The Morgan fingerprint density at radius 2 is 1.91 bits per heavy atom. The first-order valence-corrected chi connectivity index (χ1v) is 12.8. The molecule has 2 aromatic carbocycles. The van der Waals surface area contributed by atoms with Crippen LogP contribution in [0.3, 0.4) is 0 Å². The summed E-state index contributed by atoms with van der Waals surface area (Å²) < 4.78 is 0. The number of anilines is 2. The van der Waals surface area contributed by atoms with Gasteiger partial charge in [0, 0.05) is 29.0 Å². The van der Waals surface area contributed by atoms with E-state index in [4.69, 9.17) is 11.6 Å². The van der Waals surface area contributed by atoms with Crippen LogP contribution < -0.4 is 10.2 Å². The normalized spacial score (nSPS) is 20.4. The average molecular weight is 512 g/mol. The number of amides is 3. The van der Waals surface area contributed by atoms with Crippen molar-refractivity contribution in [3.8, 4) is 0 Å². The molecule has 0 aliphatic carbocycles. The number of rotatable bonds is 4. The Kier molecular flexibility index (Phi) is 6.77. The van der Waals surface area contributed by atoms with Crippen molar-refractivity contribution < 1.29 is 14.4 Å². The van der Waals surface area contributed by atoms with Crippen LogP contribution >= 0.6 is 23.4 Å². The van der Waals surface area contributed by atoms with Crippen molar-refractivity contribution in [3.05, 3.63) is 62.5 Å². The molecule has 1 N–H and O–H groups in total. The molecule has 8 heteroatoms. The Hall–Kier alpha value is -2.77. The maximum absolute atomic E-state index is 13.0. The van der Waals surface area contributed by atoms with Crippen LogP contribution in [-0.2, 0) is 9.59 Å². The molecule has 2 heterocycles. The highest BCUT2D eigenvalue weighted by Gasteiger charge is 2.37. The van der Waals surface area contributed by atoms with E-state index in [9.17, 15) is 14.4 Å². The lowest BCUT2D eigenvalue weighted by Gasteiger charge is -2.45. The zero-order valence-corrected chi connectivity index (χ0v) is 22.4. The van der Waals surface area contributed by atoms with Gasteiger partial charge in [-0.15, -0.1) is 0 Å². The van der Waals surface area contributed by atoms with Gasteiger partial charge < -0.3 is 10.2 Å². The summed E-state index contributed by atoms with van der Waals surface area (Å²) in [5.41, 5.74) is 5.73. The molecular weight excluding hydrogens is 482 g/mol. The maximum Gasteiger partial charge on any atom is 0.294 e. The van der Waals surface area contributed by atoms with E-state index in [0.29, 0.717) is 22.2 Å². The van der Waals surface area contributed by atoms with E-state index in [2.05, 4.69) is 38.0 Å². The minimum atomic E-state index is -0.490. The molecule has 6 nitrogen and oxygen atoms in total. The number of thioether (sulfide) groups is 1. The first-order chi connectivity index (χ1) is 16.4. The molecule has 1 atom stereocenters. The Balaban J connectivity index is 1.53. The molecule has 0 bridgehead atoms. The largest absolute Gasteiger partial charge is 0.369 e. The summed E-state index contributed by atoms with van der Waals surface area (Å²) in [6, 6.07) is 9.51. The molecule has 184 valence electrons. The molecule has 35 heavy (non-hydrogen) atoms. The summed E-state index contributed by atoms with van der Waals surface area (Å²) in [6.07, 6.45) is 2.64. The fraction of sp³-hybridized carbons (Fsp3) is 0.370. The Bertz CT molecular complexity index is 1270. The highest BCUT2D eigenvalue weighted by Crippen LogP contribution is 2.45. The fourth-order valence-electron chi connectivity index (χ4n) is 4.66. The molecule has 0 aromatic heterocycles. The summed E-state index contributed by atoms with van der Waals surface area (Å²) in [4.78, 5) is 41.6. The highest BCUT2D eigenvalue weighted by atomic mass is 35.5. The Morgan fingerprint density at radius 3 is 2.60 bits per heavy atom. The number of carbonyl (C=O) groups is 3. The van der Waals surface area contributed by atoms with Crippen molar-refractivity contribution in [3.63, 3.8) is 0 Å². The average Bonchev–Trinajstić information content (AvgIpc) is 3.03. The maximum atomic E-state index is 13.0. The lowest BCUT2D eigenvalue weighted by atomic mass is 9.80. The van der Waals surface area contributed by atoms with Gasteiger partial charge in [-0.2, -0.15) is 0 Å². The number of imide groups is 1. The van der Waals surface area contributed by atoms with Crippen molar-refractivity contribution >= 4 is 57.9 Å². The van der Waals surface area contributed by atoms with Gasteiger partial charge >= 0.3 is 0 Å². The lowest BCUT2D eigenvalue weighted by molar-refractivity contribution is -0.127. The SMILES string of the molecule is Cc1ccc(NC(=O)CN2C(=O)S/C(=C\c3cc4c(cc3Cl)N(C)C(C)(C)C[C@H]4C)C2=O)cc1C. The molecular formula is C27H30ClN3O3S. The van der Waals surface area contributed by atoms with Gasteiger partial charge in [0.05, 0.1) is 4.91 Å². The number of carbonyl (C=O) groups excluding carboxylic acids is 3. The van der Waals surface area contributed by atoms with Gasteiger partial charge in [-0.25, -0.2) is 0 Å².